The van der Waals surface area contributed by atoms with E-state index in [0.29, 0.717) is 23.5 Å². The van der Waals surface area contributed by atoms with E-state index in [9.17, 15) is 13.2 Å². The Hall–Kier alpha value is -2.64. The molecule has 1 aliphatic heterocycles. The van der Waals surface area contributed by atoms with E-state index in [-0.39, 0.29) is 11.7 Å². The normalized spacial score (nSPS) is 13.4. The van der Waals surface area contributed by atoms with Crippen molar-refractivity contribution < 1.29 is 13.2 Å². The maximum absolute atomic E-state index is 12.6. The number of carbonyl (C=O) groups is 1. The van der Waals surface area contributed by atoms with E-state index < -0.39 is 10.0 Å². The van der Waals surface area contributed by atoms with Gasteiger partial charge in [-0.2, -0.15) is 0 Å². The van der Waals surface area contributed by atoms with Gasteiger partial charge in [0.2, 0.25) is 10.0 Å². The average molecular weight is 399 g/mol. The molecule has 0 fully saturated rings. The Labute approximate surface area is 162 Å². The van der Waals surface area contributed by atoms with Gasteiger partial charge in [0.1, 0.15) is 0 Å². The average Bonchev–Trinajstić information content (AvgIpc) is 3.31. The van der Waals surface area contributed by atoms with Gasteiger partial charge in [-0.25, -0.2) is 8.42 Å². The van der Waals surface area contributed by atoms with Crippen molar-refractivity contribution in [2.75, 3.05) is 16.2 Å². The Morgan fingerprint density at radius 3 is 2.63 bits per heavy atom. The van der Waals surface area contributed by atoms with Gasteiger partial charge in [0.15, 0.2) is 0 Å². The zero-order valence-electron chi connectivity index (χ0n) is 14.5. The summed E-state index contributed by atoms with van der Waals surface area (Å²) in [5.74, 6) is -0.0883. The predicted molar refractivity (Wildman–Crippen MR) is 109 cm³/mol. The number of carbonyl (C=O) groups excluding carboxylic acids is 1. The summed E-state index contributed by atoms with van der Waals surface area (Å²) in [7, 11) is -3.50. The van der Waals surface area contributed by atoms with Crippen LogP contribution < -0.4 is 9.62 Å². The maximum atomic E-state index is 12.6. The molecule has 1 aliphatic rings. The molecule has 2 aromatic carbocycles. The fourth-order valence-corrected chi connectivity index (χ4v) is 5.08. The van der Waals surface area contributed by atoms with Gasteiger partial charge in [-0.1, -0.05) is 36.4 Å². The number of benzene rings is 2. The molecule has 0 unspecified atom stereocenters. The molecule has 0 bridgehead atoms. The van der Waals surface area contributed by atoms with Crippen LogP contribution in [0.1, 0.15) is 20.8 Å². The first kappa shape index (κ1) is 17.8. The van der Waals surface area contributed by atoms with E-state index in [1.165, 1.54) is 11.3 Å². The van der Waals surface area contributed by atoms with Crippen LogP contribution in [0, 0.1) is 0 Å². The Bertz CT molecular complexity index is 1060. The molecule has 0 saturated heterocycles. The van der Waals surface area contributed by atoms with Crippen molar-refractivity contribution in [2.45, 2.75) is 12.2 Å². The molecule has 0 aliphatic carbocycles. The number of nitrogens with zero attached hydrogens (tertiary/aromatic N) is 1. The molecular weight excluding hydrogens is 380 g/mol. The van der Waals surface area contributed by atoms with Gasteiger partial charge in [-0.15, -0.1) is 11.3 Å². The lowest BCUT2D eigenvalue weighted by Crippen LogP contribution is -2.28. The number of sulfonamides is 1. The van der Waals surface area contributed by atoms with Gasteiger partial charge < -0.3 is 4.90 Å². The predicted octanol–water partition coefficient (Wildman–Crippen LogP) is 3.89. The number of hydrogen-bond donors (Lipinski definition) is 1. The summed E-state index contributed by atoms with van der Waals surface area (Å²) in [6.07, 6.45) is 0.709. The SMILES string of the molecule is O=C(c1cccs1)N1CCc2cc(NS(=O)(=O)Cc3ccccc3)ccc21. The maximum Gasteiger partial charge on any atom is 0.268 e. The molecule has 2 heterocycles. The molecule has 1 N–H and O–H groups in total. The topological polar surface area (TPSA) is 66.5 Å². The highest BCUT2D eigenvalue weighted by atomic mass is 32.2. The molecule has 0 saturated carbocycles. The number of hydrogen-bond acceptors (Lipinski definition) is 4. The minimum absolute atomic E-state index is 0.0128. The Morgan fingerprint density at radius 1 is 1.07 bits per heavy atom. The van der Waals surface area contributed by atoms with Crippen LogP contribution >= 0.6 is 11.3 Å². The number of thiophene rings is 1. The fraction of sp³-hybridized carbons (Fsp3) is 0.150. The second kappa shape index (κ2) is 7.17. The first-order valence-electron chi connectivity index (χ1n) is 8.54. The smallest absolute Gasteiger partial charge is 0.268 e. The van der Waals surface area contributed by atoms with Crippen LogP contribution in [0.15, 0.2) is 66.0 Å². The summed E-state index contributed by atoms with van der Waals surface area (Å²) in [5, 5.41) is 1.88. The highest BCUT2D eigenvalue weighted by Crippen LogP contribution is 2.32. The Balaban J connectivity index is 1.51. The lowest BCUT2D eigenvalue weighted by atomic mass is 10.1. The number of nitrogens with one attached hydrogen (secondary N) is 1. The van der Waals surface area contributed by atoms with E-state index in [4.69, 9.17) is 0 Å². The number of amides is 1. The van der Waals surface area contributed by atoms with Gasteiger partial charge in [0, 0.05) is 17.9 Å². The summed E-state index contributed by atoms with van der Waals surface area (Å²) in [4.78, 5) is 15.1. The quantitative estimate of drug-likeness (QED) is 0.709. The summed E-state index contributed by atoms with van der Waals surface area (Å²) < 4.78 is 27.5. The molecule has 0 spiro atoms. The van der Waals surface area contributed by atoms with Crippen molar-refractivity contribution in [2.24, 2.45) is 0 Å². The first-order valence-corrected chi connectivity index (χ1v) is 11.1. The zero-order chi connectivity index (χ0) is 18.9. The van der Waals surface area contributed by atoms with Crippen LogP contribution in [-0.4, -0.2) is 20.9 Å². The largest absolute Gasteiger partial charge is 0.307 e. The molecular formula is C20H18N2O3S2. The van der Waals surface area contributed by atoms with Gasteiger partial charge in [0.05, 0.1) is 10.6 Å². The van der Waals surface area contributed by atoms with E-state index in [1.807, 2.05) is 47.8 Å². The van der Waals surface area contributed by atoms with Crippen molar-refractivity contribution in [3.05, 3.63) is 82.0 Å². The molecule has 7 heteroatoms. The minimum Gasteiger partial charge on any atom is -0.307 e. The van der Waals surface area contributed by atoms with Gasteiger partial charge in [-0.05, 0) is 47.2 Å². The fourth-order valence-electron chi connectivity index (χ4n) is 3.22. The standard InChI is InChI=1S/C20H18N2O3S2/c23-20(19-7-4-12-26-19)22-11-10-16-13-17(8-9-18(16)22)21-27(24,25)14-15-5-2-1-3-6-15/h1-9,12-13,21H,10-11,14H2. The van der Waals surface area contributed by atoms with E-state index in [2.05, 4.69) is 4.72 Å². The van der Waals surface area contributed by atoms with Crippen molar-refractivity contribution in [1.29, 1.82) is 0 Å². The Kier molecular flexibility index (Phi) is 4.72. The number of rotatable bonds is 5. The van der Waals surface area contributed by atoms with Gasteiger partial charge in [0.25, 0.3) is 5.91 Å². The molecule has 0 atom stereocenters. The van der Waals surface area contributed by atoms with Crippen LogP contribution in [0.2, 0.25) is 0 Å². The third-order valence-corrected chi connectivity index (χ3v) is 6.54. The zero-order valence-corrected chi connectivity index (χ0v) is 16.1. The second-order valence-corrected chi connectivity index (χ2v) is 9.04. The molecule has 1 aromatic heterocycles. The summed E-state index contributed by atoms with van der Waals surface area (Å²) in [6, 6.07) is 18.1. The third kappa shape index (κ3) is 3.89. The van der Waals surface area contributed by atoms with Gasteiger partial charge in [-0.3, -0.25) is 9.52 Å². The molecule has 0 radical (unpaired) electrons. The molecule has 5 nitrogen and oxygen atoms in total. The van der Waals surface area contributed by atoms with E-state index >= 15 is 0 Å². The summed E-state index contributed by atoms with van der Waals surface area (Å²) in [5.41, 5.74) is 3.08. The highest BCUT2D eigenvalue weighted by molar-refractivity contribution is 7.91. The van der Waals surface area contributed by atoms with Crippen molar-refractivity contribution in [3.63, 3.8) is 0 Å². The Morgan fingerprint density at radius 2 is 1.89 bits per heavy atom. The summed E-state index contributed by atoms with van der Waals surface area (Å²) >= 11 is 1.42. The molecule has 27 heavy (non-hydrogen) atoms. The van der Waals surface area contributed by atoms with E-state index in [0.717, 1.165) is 16.8 Å². The molecule has 138 valence electrons. The molecule has 1 amide bonds. The van der Waals surface area contributed by atoms with Crippen LogP contribution in [0.5, 0.6) is 0 Å². The van der Waals surface area contributed by atoms with Crippen molar-refractivity contribution in [3.8, 4) is 0 Å². The monoisotopic (exact) mass is 398 g/mol. The highest BCUT2D eigenvalue weighted by Gasteiger charge is 2.26. The minimum atomic E-state index is -3.50. The lowest BCUT2D eigenvalue weighted by Gasteiger charge is -2.17. The second-order valence-electron chi connectivity index (χ2n) is 6.37. The van der Waals surface area contributed by atoms with Gasteiger partial charge >= 0.3 is 0 Å². The summed E-state index contributed by atoms with van der Waals surface area (Å²) in [6.45, 7) is 0.603. The van der Waals surface area contributed by atoms with Crippen molar-refractivity contribution in [1.82, 2.24) is 0 Å². The number of anilines is 2. The lowest BCUT2D eigenvalue weighted by molar-refractivity contribution is 0.0993. The number of fused-ring (bicyclic) bond motifs is 1. The molecule has 3 aromatic rings. The van der Waals surface area contributed by atoms with Crippen LogP contribution in [0.3, 0.4) is 0 Å². The van der Waals surface area contributed by atoms with Crippen LogP contribution in [0.4, 0.5) is 11.4 Å². The van der Waals surface area contributed by atoms with Crippen molar-refractivity contribution >= 4 is 38.6 Å². The van der Waals surface area contributed by atoms with Crippen LogP contribution in [-0.2, 0) is 22.2 Å². The third-order valence-electron chi connectivity index (χ3n) is 4.43. The first-order chi connectivity index (χ1) is 13.0. The molecule has 4 rings (SSSR count). The van der Waals surface area contributed by atoms with Crippen LogP contribution in [0.25, 0.3) is 0 Å². The van der Waals surface area contributed by atoms with E-state index in [1.54, 1.807) is 23.1 Å².